The minimum atomic E-state index is -0.158. The first-order chi connectivity index (χ1) is 20.9. The van der Waals surface area contributed by atoms with E-state index < -0.39 is 0 Å². The van der Waals surface area contributed by atoms with Gasteiger partial charge in [-0.05, 0) is 57.1 Å². The van der Waals surface area contributed by atoms with Gasteiger partial charge in [0.05, 0.1) is 5.75 Å². The molecule has 4 aromatic carbocycles. The van der Waals surface area contributed by atoms with Crippen LogP contribution < -0.4 is 4.74 Å². The van der Waals surface area contributed by atoms with E-state index in [0.29, 0.717) is 0 Å². The molecule has 0 fully saturated rings. The second-order valence-electron chi connectivity index (χ2n) is 12.1. The average Bonchev–Trinajstić information content (AvgIpc) is 3.28. The third-order valence-corrected chi connectivity index (χ3v) is 8.72. The molecule has 6 aromatic rings. The van der Waals surface area contributed by atoms with Crippen molar-refractivity contribution >= 4 is 0 Å². The fraction of sp³-hybridized carbons (Fsp3) is 0.150. The van der Waals surface area contributed by atoms with Crippen molar-refractivity contribution in [3.8, 4) is 45.1 Å². The number of ether oxygens (including phenoxy) is 1. The summed E-state index contributed by atoms with van der Waals surface area (Å²) >= 11 is 0. The fourth-order valence-corrected chi connectivity index (χ4v) is 6.71. The van der Waals surface area contributed by atoms with Crippen LogP contribution in [0.4, 0.5) is 0 Å². The summed E-state index contributed by atoms with van der Waals surface area (Å²) in [5.41, 5.74) is 11.6. The molecule has 0 amide bonds. The van der Waals surface area contributed by atoms with E-state index in [-0.39, 0.29) is 30.9 Å². The van der Waals surface area contributed by atoms with E-state index in [9.17, 15) is 0 Å². The predicted octanol–water partition coefficient (Wildman–Crippen LogP) is 9.83. The molecule has 8 rings (SSSR count). The first-order valence-corrected chi connectivity index (χ1v) is 14.7. The number of pyridine rings is 2. The third kappa shape index (κ3) is 4.89. The van der Waals surface area contributed by atoms with Crippen molar-refractivity contribution < 1.29 is 24.8 Å². The van der Waals surface area contributed by atoms with Crippen LogP contribution in [-0.4, -0.2) is 9.97 Å². The van der Waals surface area contributed by atoms with Gasteiger partial charge in [-0.2, -0.15) is 0 Å². The van der Waals surface area contributed by atoms with Gasteiger partial charge < -0.3 is 14.7 Å². The van der Waals surface area contributed by atoms with Crippen molar-refractivity contribution in [2.75, 3.05) is 0 Å². The summed E-state index contributed by atoms with van der Waals surface area (Å²) in [5.74, 6) is 1.82. The topological polar surface area (TPSA) is 35.0 Å². The molecule has 4 heteroatoms. The third-order valence-electron chi connectivity index (χ3n) is 8.72. The maximum absolute atomic E-state index is 6.13. The van der Waals surface area contributed by atoms with Gasteiger partial charge in [-0.1, -0.05) is 106 Å². The van der Waals surface area contributed by atoms with Crippen LogP contribution in [0.15, 0.2) is 122 Å². The molecule has 3 heterocycles. The number of aromatic nitrogens is 2. The van der Waals surface area contributed by atoms with Gasteiger partial charge in [0.25, 0.3) is 0 Å². The zero-order valence-corrected chi connectivity index (χ0v) is 27.6. The summed E-state index contributed by atoms with van der Waals surface area (Å²) in [4.78, 5) is 9.02. The zero-order chi connectivity index (χ0) is 29.6. The van der Waals surface area contributed by atoms with Gasteiger partial charge in [0.15, 0.2) is 0 Å². The van der Waals surface area contributed by atoms with Crippen LogP contribution in [0.25, 0.3) is 33.6 Å². The molecule has 1 aliphatic heterocycles. The van der Waals surface area contributed by atoms with Crippen molar-refractivity contribution in [2.24, 2.45) is 0 Å². The molecule has 1 radical (unpaired) electrons. The van der Waals surface area contributed by atoms with Crippen molar-refractivity contribution in [3.05, 3.63) is 156 Å². The minimum absolute atomic E-state index is 0. The summed E-state index contributed by atoms with van der Waals surface area (Å²) in [5, 5.41) is 0. The van der Waals surface area contributed by atoms with Gasteiger partial charge in [0, 0.05) is 32.5 Å². The molecule has 2 aliphatic rings. The first-order valence-electron chi connectivity index (χ1n) is 14.7. The molecule has 0 saturated carbocycles. The Hall–Kier alpha value is -4.37. The number of benzene rings is 4. The first kappa shape index (κ1) is 29.7. The van der Waals surface area contributed by atoms with Crippen LogP contribution in [0.1, 0.15) is 49.9 Å². The Morgan fingerprint density at radius 3 is 1.73 bits per heavy atom. The van der Waals surface area contributed by atoms with Crippen molar-refractivity contribution in [1.29, 1.82) is 0 Å². The molecule has 0 bridgehead atoms. The van der Waals surface area contributed by atoms with Crippen LogP contribution in [0.3, 0.4) is 0 Å². The molecule has 1 aliphatic carbocycles. The van der Waals surface area contributed by atoms with Crippen LogP contribution >= 0.6 is 0 Å². The Labute approximate surface area is 273 Å². The number of hydrogen-bond donors (Lipinski definition) is 0. The van der Waals surface area contributed by atoms with E-state index in [1.807, 2.05) is 73.1 Å². The Kier molecular flexibility index (Phi) is 7.84. The van der Waals surface area contributed by atoms with Gasteiger partial charge >= 0.3 is 0 Å². The number of fused-ring (bicyclic) bond motifs is 5. The molecule has 0 spiro atoms. The smallest absolute Gasteiger partial charge is 0.128 e. The molecule has 0 unspecified atom stereocenters. The molecule has 219 valence electrons. The van der Waals surface area contributed by atoms with Gasteiger partial charge in [0.2, 0.25) is 0 Å². The van der Waals surface area contributed by atoms with Crippen LogP contribution in [0.2, 0.25) is 0 Å². The Morgan fingerprint density at radius 1 is 0.523 bits per heavy atom. The van der Waals surface area contributed by atoms with E-state index >= 15 is 0 Å². The van der Waals surface area contributed by atoms with Gasteiger partial charge in [-0.3, -0.25) is 0 Å². The van der Waals surface area contributed by atoms with Crippen LogP contribution in [0.5, 0.6) is 11.5 Å². The van der Waals surface area contributed by atoms with E-state index in [1.54, 1.807) is 0 Å². The maximum atomic E-state index is 6.13. The van der Waals surface area contributed by atoms with Gasteiger partial charge in [-0.15, -0.1) is 53.1 Å². The fourth-order valence-electron chi connectivity index (χ4n) is 6.71. The molecule has 0 atom stereocenters. The Bertz CT molecular complexity index is 1950. The van der Waals surface area contributed by atoms with Crippen LogP contribution in [-0.2, 0) is 30.9 Å². The minimum Gasteiger partial charge on any atom is -0.476 e. The Balaban J connectivity index is 0.000000153. The molecule has 0 saturated heterocycles. The SMILES string of the molecule is CC1(C)c2ccccc2-c2cc[c-]c(-c3ccccn3)c21.CC1(C)c2ccccc2Oc2cc[c-]c(-c3ccccn3)c21.[Ir]. The molecule has 2 aromatic heterocycles. The molecular formula is C40H32IrN2O-2. The number of para-hydroxylation sites is 1. The van der Waals surface area contributed by atoms with Crippen molar-refractivity contribution in [1.82, 2.24) is 9.97 Å². The summed E-state index contributed by atoms with van der Waals surface area (Å²) in [6, 6.07) is 43.7. The van der Waals surface area contributed by atoms with E-state index in [0.717, 1.165) is 39.6 Å². The average molecular weight is 749 g/mol. The van der Waals surface area contributed by atoms with E-state index in [1.165, 1.54) is 27.8 Å². The molecular weight excluding hydrogens is 717 g/mol. The van der Waals surface area contributed by atoms with E-state index in [4.69, 9.17) is 4.74 Å². The number of rotatable bonds is 2. The summed E-state index contributed by atoms with van der Waals surface area (Å²) < 4.78 is 6.13. The quantitative estimate of drug-likeness (QED) is 0.166. The second-order valence-corrected chi connectivity index (χ2v) is 12.1. The second kappa shape index (κ2) is 11.6. The number of nitrogens with zero attached hydrogens (tertiary/aromatic N) is 2. The van der Waals surface area contributed by atoms with E-state index in [2.05, 4.69) is 98.3 Å². The summed E-state index contributed by atoms with van der Waals surface area (Å²) in [6.07, 6.45) is 3.66. The standard InChI is InChI=1S/C20H16NO.C20H16N.Ir/c1-20(2)15-9-3-4-11-17(15)22-18-12-7-8-14(19(18)20)16-10-5-6-13-21-16;1-20(2)17-11-4-3-8-14(17)15-9-7-10-16(19(15)20)18-12-5-6-13-21-18;/h3-7,9-13H,1-2H3;3-9,11-13H,1-2H3;/q2*-1;. The van der Waals surface area contributed by atoms with Crippen LogP contribution in [0, 0.1) is 12.1 Å². The number of hydrogen-bond acceptors (Lipinski definition) is 3. The molecule has 0 N–H and O–H groups in total. The van der Waals surface area contributed by atoms with Crippen molar-refractivity contribution in [3.63, 3.8) is 0 Å². The predicted molar refractivity (Wildman–Crippen MR) is 173 cm³/mol. The molecule has 3 nitrogen and oxygen atoms in total. The summed E-state index contributed by atoms with van der Waals surface area (Å²) in [6.45, 7) is 9.04. The van der Waals surface area contributed by atoms with Gasteiger partial charge in [0.1, 0.15) is 5.75 Å². The Morgan fingerprint density at radius 2 is 1.07 bits per heavy atom. The van der Waals surface area contributed by atoms with Gasteiger partial charge in [-0.25, -0.2) is 0 Å². The molecule has 44 heavy (non-hydrogen) atoms. The largest absolute Gasteiger partial charge is 0.476 e. The monoisotopic (exact) mass is 749 g/mol. The normalized spacial score (nSPS) is 14.3. The maximum Gasteiger partial charge on any atom is 0.128 e. The van der Waals surface area contributed by atoms with Crippen molar-refractivity contribution in [2.45, 2.75) is 38.5 Å². The zero-order valence-electron chi connectivity index (χ0n) is 25.2. The summed E-state index contributed by atoms with van der Waals surface area (Å²) in [7, 11) is 0.